The molecule has 0 aliphatic carbocycles. The second-order valence-corrected chi connectivity index (χ2v) is 7.47. The van der Waals surface area contributed by atoms with Crippen molar-refractivity contribution in [3.05, 3.63) is 47.0 Å². The summed E-state index contributed by atoms with van der Waals surface area (Å²) in [6.07, 6.45) is -0.0730. The zero-order valence-corrected chi connectivity index (χ0v) is 16.7. The highest BCUT2D eigenvalue weighted by Crippen LogP contribution is 2.38. The summed E-state index contributed by atoms with van der Waals surface area (Å²) in [6, 6.07) is 4.95. The van der Waals surface area contributed by atoms with Crippen molar-refractivity contribution in [1.82, 2.24) is 19.6 Å². The van der Waals surface area contributed by atoms with Gasteiger partial charge < -0.3 is 14.9 Å². The molecule has 1 N–H and O–H groups in total. The molecule has 1 aromatic rings. The van der Waals surface area contributed by atoms with Gasteiger partial charge in [-0.1, -0.05) is 18.2 Å². The average molecular weight is 401 g/mol. The molecular weight excluding hydrogens is 377 g/mol. The molecule has 1 aromatic carbocycles. The minimum Gasteiger partial charge on any atom is -0.396 e. The number of likely N-dealkylation sites (N-methyl/N-ethyl adjacent to an activating group) is 1. The number of hydrogen-bond donors (Lipinski definition) is 1. The van der Waals surface area contributed by atoms with Crippen LogP contribution in [0, 0.1) is 5.82 Å². The number of aliphatic imine (C=N–C) groups is 1. The van der Waals surface area contributed by atoms with Gasteiger partial charge in [-0.25, -0.2) is 14.2 Å². The topological polar surface area (TPSA) is 79.7 Å². The van der Waals surface area contributed by atoms with E-state index in [2.05, 4.69) is 4.99 Å². The Morgan fingerprint density at radius 2 is 1.86 bits per heavy atom. The Kier molecular flexibility index (Phi) is 4.77. The molecule has 3 aliphatic heterocycles. The van der Waals surface area contributed by atoms with Gasteiger partial charge in [0.2, 0.25) is 5.96 Å². The first-order chi connectivity index (χ1) is 13.9. The van der Waals surface area contributed by atoms with Crippen LogP contribution in [0.3, 0.4) is 0 Å². The largest absolute Gasteiger partial charge is 0.396 e. The number of carbonyl (C=O) groups excluding carboxylic acids is 2. The second-order valence-electron chi connectivity index (χ2n) is 7.47. The molecule has 4 rings (SSSR count). The van der Waals surface area contributed by atoms with Crippen molar-refractivity contribution in [2.75, 3.05) is 20.2 Å². The molecule has 154 valence electrons. The Morgan fingerprint density at radius 1 is 1.14 bits per heavy atom. The maximum absolute atomic E-state index is 14.1. The summed E-state index contributed by atoms with van der Waals surface area (Å²) in [5.41, 5.74) is 2.13. The third-order valence-electron chi connectivity index (χ3n) is 5.83. The summed E-state index contributed by atoms with van der Waals surface area (Å²) in [4.78, 5) is 37.3. The number of fused-ring (bicyclic) bond motifs is 3. The van der Waals surface area contributed by atoms with Crippen LogP contribution in [-0.4, -0.2) is 75.0 Å². The van der Waals surface area contributed by atoms with Crippen LogP contribution < -0.4 is 0 Å². The first-order valence-corrected chi connectivity index (χ1v) is 9.61. The first-order valence-electron chi connectivity index (χ1n) is 9.61. The quantitative estimate of drug-likeness (QED) is 0.810. The molecule has 2 atom stereocenters. The van der Waals surface area contributed by atoms with Crippen molar-refractivity contribution in [2.24, 2.45) is 4.99 Å². The number of imide groups is 1. The molecule has 0 saturated carbocycles. The van der Waals surface area contributed by atoms with E-state index in [0.717, 1.165) is 16.3 Å². The average Bonchev–Trinajstić information content (AvgIpc) is 3.20. The van der Waals surface area contributed by atoms with Crippen LogP contribution in [0.1, 0.15) is 25.8 Å². The number of aliphatic hydroxyl groups is 1. The van der Waals surface area contributed by atoms with Crippen LogP contribution in [-0.2, 0) is 11.3 Å². The minimum atomic E-state index is -0.687. The standard InChI is InChI=1S/C20H24FN5O3/c1-12-13(2)26-16-17(22-19(26)24(12)9-6-10-27)23(3)20(29)25(18(16)28)11-14-7-4-5-8-15(14)21/h4-5,7-8,16-17,27H,6,9-11H2,1-3H3. The van der Waals surface area contributed by atoms with Crippen molar-refractivity contribution in [3.63, 3.8) is 0 Å². The number of nitrogens with zero attached hydrogens (tertiary/aromatic N) is 5. The van der Waals surface area contributed by atoms with Crippen molar-refractivity contribution < 1.29 is 19.1 Å². The normalized spacial score (nSPS) is 23.8. The van der Waals surface area contributed by atoms with Gasteiger partial charge in [0.25, 0.3) is 5.91 Å². The van der Waals surface area contributed by atoms with E-state index in [-0.39, 0.29) is 18.7 Å². The predicted octanol–water partition coefficient (Wildman–Crippen LogP) is 1.54. The predicted molar refractivity (Wildman–Crippen MR) is 104 cm³/mol. The fourth-order valence-electron chi connectivity index (χ4n) is 4.12. The van der Waals surface area contributed by atoms with Crippen LogP contribution in [0.5, 0.6) is 0 Å². The third-order valence-corrected chi connectivity index (χ3v) is 5.83. The van der Waals surface area contributed by atoms with Gasteiger partial charge in [0.1, 0.15) is 5.82 Å². The highest BCUT2D eigenvalue weighted by molar-refractivity contribution is 6.05. The van der Waals surface area contributed by atoms with Gasteiger partial charge in [-0.3, -0.25) is 14.6 Å². The molecule has 3 aliphatic rings. The molecule has 3 amide bonds. The molecule has 9 heteroatoms. The van der Waals surface area contributed by atoms with Crippen LogP contribution in [0.25, 0.3) is 0 Å². The Bertz CT molecular complexity index is 930. The smallest absolute Gasteiger partial charge is 0.328 e. The van der Waals surface area contributed by atoms with Crippen LogP contribution >= 0.6 is 0 Å². The van der Waals surface area contributed by atoms with Gasteiger partial charge >= 0.3 is 6.03 Å². The van der Waals surface area contributed by atoms with E-state index in [1.807, 2.05) is 23.6 Å². The maximum atomic E-state index is 14.1. The summed E-state index contributed by atoms with van der Waals surface area (Å²) >= 11 is 0. The lowest BCUT2D eigenvalue weighted by Gasteiger charge is -2.40. The molecule has 3 heterocycles. The fraction of sp³-hybridized carbons (Fsp3) is 0.450. The maximum Gasteiger partial charge on any atom is 0.328 e. The van der Waals surface area contributed by atoms with Crippen LogP contribution in [0.2, 0.25) is 0 Å². The number of aliphatic hydroxyl groups excluding tert-OH is 1. The number of benzene rings is 1. The highest BCUT2D eigenvalue weighted by Gasteiger charge is 2.55. The Hall–Kier alpha value is -2.94. The number of hydrogen-bond acceptors (Lipinski definition) is 6. The molecule has 2 unspecified atom stereocenters. The SMILES string of the molecule is CC1=C(C)N2C(=NC3C2C(=O)N(Cc2ccccc2F)C(=O)N3C)N1CCCO. The van der Waals surface area contributed by atoms with Crippen LogP contribution in [0.4, 0.5) is 9.18 Å². The number of guanidine groups is 1. The van der Waals surface area contributed by atoms with E-state index in [1.165, 1.54) is 11.0 Å². The van der Waals surface area contributed by atoms with E-state index in [9.17, 15) is 19.1 Å². The molecule has 0 spiro atoms. The van der Waals surface area contributed by atoms with Gasteiger partial charge in [-0.15, -0.1) is 0 Å². The van der Waals surface area contributed by atoms with E-state index in [4.69, 9.17) is 0 Å². The van der Waals surface area contributed by atoms with E-state index in [0.29, 0.717) is 18.9 Å². The summed E-state index contributed by atoms with van der Waals surface area (Å²) < 4.78 is 14.1. The molecule has 8 nitrogen and oxygen atoms in total. The number of allylic oxidation sites excluding steroid dienone is 2. The van der Waals surface area contributed by atoms with E-state index < -0.39 is 30.0 Å². The number of halogens is 1. The number of amides is 3. The molecular formula is C20H24FN5O3. The lowest BCUT2D eigenvalue weighted by atomic mass is 10.1. The van der Waals surface area contributed by atoms with Crippen molar-refractivity contribution >= 4 is 17.9 Å². The summed E-state index contributed by atoms with van der Waals surface area (Å²) in [6.45, 7) is 4.35. The van der Waals surface area contributed by atoms with E-state index >= 15 is 0 Å². The zero-order valence-electron chi connectivity index (χ0n) is 16.7. The van der Waals surface area contributed by atoms with Crippen molar-refractivity contribution in [1.29, 1.82) is 0 Å². The van der Waals surface area contributed by atoms with Gasteiger partial charge in [0.15, 0.2) is 12.2 Å². The summed E-state index contributed by atoms with van der Waals surface area (Å²) in [5.74, 6) is -0.232. The van der Waals surface area contributed by atoms with Crippen LogP contribution in [0.15, 0.2) is 40.7 Å². The fourth-order valence-corrected chi connectivity index (χ4v) is 4.12. The second kappa shape index (κ2) is 7.14. The zero-order chi connectivity index (χ0) is 20.9. The minimum absolute atomic E-state index is 0.0523. The molecule has 29 heavy (non-hydrogen) atoms. The highest BCUT2D eigenvalue weighted by atomic mass is 19.1. The number of carbonyl (C=O) groups is 2. The molecule has 1 saturated heterocycles. The third kappa shape index (κ3) is 2.88. The molecule has 0 bridgehead atoms. The van der Waals surface area contributed by atoms with E-state index in [1.54, 1.807) is 25.2 Å². The van der Waals surface area contributed by atoms with Gasteiger partial charge in [0, 0.05) is 37.2 Å². The van der Waals surface area contributed by atoms with Gasteiger partial charge in [0.05, 0.1) is 6.54 Å². The molecule has 0 aromatic heterocycles. The van der Waals surface area contributed by atoms with Crippen molar-refractivity contribution in [3.8, 4) is 0 Å². The molecule has 1 fully saturated rings. The number of urea groups is 1. The molecule has 0 radical (unpaired) electrons. The Morgan fingerprint density at radius 3 is 2.55 bits per heavy atom. The lowest BCUT2D eigenvalue weighted by molar-refractivity contribution is -0.137. The lowest BCUT2D eigenvalue weighted by Crippen LogP contribution is -2.64. The summed E-state index contributed by atoms with van der Waals surface area (Å²) in [5, 5.41) is 9.20. The monoisotopic (exact) mass is 401 g/mol. The van der Waals surface area contributed by atoms with Gasteiger partial charge in [-0.2, -0.15) is 0 Å². The van der Waals surface area contributed by atoms with Gasteiger partial charge in [-0.05, 0) is 26.3 Å². The Labute approximate surface area is 168 Å². The first kappa shape index (κ1) is 19.4. The number of rotatable bonds is 5. The van der Waals surface area contributed by atoms with Crippen molar-refractivity contribution in [2.45, 2.75) is 39.0 Å². The Balaban J connectivity index is 1.66. The summed E-state index contributed by atoms with van der Waals surface area (Å²) in [7, 11) is 1.61.